The molecule has 1 aromatic heterocycles. The number of oxazole rings is 1. The quantitative estimate of drug-likeness (QED) is 0.658. The smallest absolute Gasteiger partial charge is 0.257 e. The Labute approximate surface area is 147 Å². The Morgan fingerprint density at radius 3 is 2.88 bits per heavy atom. The van der Waals surface area contributed by atoms with Crippen molar-refractivity contribution >= 4 is 46.1 Å². The highest BCUT2D eigenvalue weighted by Crippen LogP contribution is 2.30. The van der Waals surface area contributed by atoms with Gasteiger partial charge in [0.2, 0.25) is 5.91 Å². The summed E-state index contributed by atoms with van der Waals surface area (Å²) >= 11 is 7.17. The monoisotopic (exact) mass is 364 g/mol. The fourth-order valence-corrected chi connectivity index (χ4v) is 3.21. The van der Waals surface area contributed by atoms with E-state index in [0.29, 0.717) is 21.3 Å². The molecule has 24 heavy (non-hydrogen) atoms. The van der Waals surface area contributed by atoms with Crippen molar-refractivity contribution in [2.24, 2.45) is 0 Å². The van der Waals surface area contributed by atoms with Crippen LogP contribution in [0.2, 0.25) is 5.02 Å². The van der Waals surface area contributed by atoms with Gasteiger partial charge in [-0.1, -0.05) is 35.5 Å². The standard InChI is InChI=1S/C17H14ClFN2O2S/c1-9-7-11(18)8-14-15(9)23-17(21-14)24-10(2)16(22)20-13-6-4-3-5-12(13)19/h3-8,10H,1-2H3,(H,20,22). The molecule has 0 aliphatic rings. The Bertz CT molecular complexity index is 913. The highest BCUT2D eigenvalue weighted by atomic mass is 35.5. The third-order valence-electron chi connectivity index (χ3n) is 3.40. The van der Waals surface area contributed by atoms with Crippen LogP contribution < -0.4 is 5.32 Å². The van der Waals surface area contributed by atoms with Gasteiger partial charge in [0, 0.05) is 5.02 Å². The predicted molar refractivity (Wildman–Crippen MR) is 94.1 cm³/mol. The summed E-state index contributed by atoms with van der Waals surface area (Å²) in [5, 5.41) is 3.00. The van der Waals surface area contributed by atoms with Crippen LogP contribution in [0.5, 0.6) is 0 Å². The molecule has 0 fully saturated rings. The number of para-hydroxylation sites is 1. The number of benzene rings is 2. The maximum atomic E-state index is 13.6. The second kappa shape index (κ2) is 6.83. The number of rotatable bonds is 4. The summed E-state index contributed by atoms with van der Waals surface area (Å²) in [6.45, 7) is 3.58. The first-order valence-corrected chi connectivity index (χ1v) is 8.48. The Morgan fingerprint density at radius 1 is 1.38 bits per heavy atom. The third kappa shape index (κ3) is 3.55. The largest absolute Gasteiger partial charge is 0.431 e. The highest BCUT2D eigenvalue weighted by molar-refractivity contribution is 8.00. The molecule has 1 atom stereocenters. The van der Waals surface area contributed by atoms with Gasteiger partial charge >= 0.3 is 0 Å². The van der Waals surface area contributed by atoms with Crippen LogP contribution in [0.25, 0.3) is 11.1 Å². The van der Waals surface area contributed by atoms with E-state index >= 15 is 0 Å². The van der Waals surface area contributed by atoms with Gasteiger partial charge in [0.1, 0.15) is 11.3 Å². The third-order valence-corrected chi connectivity index (χ3v) is 4.56. The summed E-state index contributed by atoms with van der Waals surface area (Å²) in [6.07, 6.45) is 0. The van der Waals surface area contributed by atoms with E-state index in [4.69, 9.17) is 16.0 Å². The number of nitrogens with one attached hydrogen (secondary N) is 1. The molecule has 3 aromatic rings. The van der Waals surface area contributed by atoms with E-state index in [2.05, 4.69) is 10.3 Å². The van der Waals surface area contributed by atoms with E-state index < -0.39 is 11.1 Å². The molecule has 0 saturated heterocycles. The van der Waals surface area contributed by atoms with Crippen LogP contribution >= 0.6 is 23.4 Å². The van der Waals surface area contributed by atoms with Crippen molar-refractivity contribution in [3.63, 3.8) is 0 Å². The molecule has 1 amide bonds. The predicted octanol–water partition coefficient (Wildman–Crippen LogP) is 5.05. The van der Waals surface area contributed by atoms with E-state index in [-0.39, 0.29) is 11.6 Å². The number of aromatic nitrogens is 1. The maximum absolute atomic E-state index is 13.6. The molecule has 4 nitrogen and oxygen atoms in total. The maximum Gasteiger partial charge on any atom is 0.257 e. The lowest BCUT2D eigenvalue weighted by Crippen LogP contribution is -2.22. The first kappa shape index (κ1) is 16.8. The molecule has 0 bridgehead atoms. The molecule has 0 radical (unpaired) electrons. The zero-order chi connectivity index (χ0) is 17.3. The Kier molecular flexibility index (Phi) is 4.78. The minimum absolute atomic E-state index is 0.148. The summed E-state index contributed by atoms with van der Waals surface area (Å²) in [5.41, 5.74) is 2.31. The molecule has 0 spiro atoms. The molecule has 0 saturated carbocycles. The number of halogens is 2. The van der Waals surface area contributed by atoms with Crippen LogP contribution in [0, 0.1) is 12.7 Å². The average molecular weight is 365 g/mol. The van der Waals surface area contributed by atoms with Crippen molar-refractivity contribution < 1.29 is 13.6 Å². The van der Waals surface area contributed by atoms with Crippen LogP contribution in [0.3, 0.4) is 0 Å². The molecular formula is C17H14ClFN2O2S. The molecule has 2 aromatic carbocycles. The lowest BCUT2D eigenvalue weighted by molar-refractivity contribution is -0.115. The second-order valence-corrected chi connectivity index (χ2v) is 7.01. The number of anilines is 1. The summed E-state index contributed by atoms with van der Waals surface area (Å²) in [7, 11) is 0. The molecule has 124 valence electrons. The van der Waals surface area contributed by atoms with Crippen molar-refractivity contribution in [2.75, 3.05) is 5.32 Å². The van der Waals surface area contributed by atoms with Crippen molar-refractivity contribution in [3.05, 3.63) is 52.8 Å². The molecular weight excluding hydrogens is 351 g/mol. The minimum atomic E-state index is -0.506. The number of amides is 1. The van der Waals surface area contributed by atoms with Gasteiger partial charge in [-0.15, -0.1) is 0 Å². The first-order valence-electron chi connectivity index (χ1n) is 7.23. The second-order valence-electron chi connectivity index (χ2n) is 5.28. The van der Waals surface area contributed by atoms with Gasteiger partial charge in [-0.25, -0.2) is 9.37 Å². The van der Waals surface area contributed by atoms with Crippen LogP contribution in [-0.2, 0) is 4.79 Å². The molecule has 1 unspecified atom stereocenters. The number of carbonyl (C=O) groups excluding carboxylic acids is 1. The Balaban J connectivity index is 1.74. The van der Waals surface area contributed by atoms with E-state index in [0.717, 1.165) is 17.3 Å². The number of fused-ring (bicyclic) bond motifs is 1. The lowest BCUT2D eigenvalue weighted by atomic mass is 10.2. The van der Waals surface area contributed by atoms with Crippen molar-refractivity contribution in [3.8, 4) is 0 Å². The number of hydrogen-bond acceptors (Lipinski definition) is 4. The molecule has 1 N–H and O–H groups in total. The molecule has 1 heterocycles. The summed E-state index contributed by atoms with van der Waals surface area (Å²) in [6, 6.07) is 9.52. The Hall–Kier alpha value is -2.05. The van der Waals surface area contributed by atoms with Gasteiger partial charge in [-0.05, 0) is 43.7 Å². The van der Waals surface area contributed by atoms with Crippen LogP contribution in [0.4, 0.5) is 10.1 Å². The fraction of sp³-hybridized carbons (Fsp3) is 0.176. The van der Waals surface area contributed by atoms with Gasteiger partial charge < -0.3 is 9.73 Å². The van der Waals surface area contributed by atoms with Gasteiger partial charge in [-0.2, -0.15) is 0 Å². The number of nitrogens with zero attached hydrogens (tertiary/aromatic N) is 1. The van der Waals surface area contributed by atoms with Crippen LogP contribution in [-0.4, -0.2) is 16.1 Å². The van der Waals surface area contributed by atoms with Gasteiger partial charge in [0.15, 0.2) is 5.58 Å². The summed E-state index contributed by atoms with van der Waals surface area (Å²) < 4.78 is 19.3. The molecule has 3 rings (SSSR count). The van der Waals surface area contributed by atoms with Crippen LogP contribution in [0.15, 0.2) is 46.0 Å². The average Bonchev–Trinajstić information content (AvgIpc) is 2.92. The van der Waals surface area contributed by atoms with Crippen molar-refractivity contribution in [2.45, 2.75) is 24.3 Å². The number of carbonyl (C=O) groups is 1. The summed E-state index contributed by atoms with van der Waals surface area (Å²) in [4.78, 5) is 16.6. The number of thioether (sulfide) groups is 1. The lowest BCUT2D eigenvalue weighted by Gasteiger charge is -2.10. The van der Waals surface area contributed by atoms with E-state index in [9.17, 15) is 9.18 Å². The zero-order valence-electron chi connectivity index (χ0n) is 13.0. The first-order chi connectivity index (χ1) is 11.4. The fourth-order valence-electron chi connectivity index (χ4n) is 2.19. The zero-order valence-corrected chi connectivity index (χ0v) is 14.5. The SMILES string of the molecule is Cc1cc(Cl)cc2nc(SC(C)C(=O)Nc3ccccc3F)oc12. The summed E-state index contributed by atoms with van der Waals surface area (Å²) in [5.74, 6) is -0.808. The molecule has 0 aliphatic carbocycles. The van der Waals surface area contributed by atoms with Gasteiger partial charge in [-0.3, -0.25) is 4.79 Å². The van der Waals surface area contributed by atoms with E-state index in [1.54, 1.807) is 31.2 Å². The molecule has 0 aliphatic heterocycles. The van der Waals surface area contributed by atoms with Gasteiger partial charge in [0.05, 0.1) is 10.9 Å². The van der Waals surface area contributed by atoms with Gasteiger partial charge in [0.25, 0.3) is 5.22 Å². The normalized spacial score (nSPS) is 12.3. The molecule has 7 heteroatoms. The van der Waals surface area contributed by atoms with E-state index in [1.165, 1.54) is 12.1 Å². The Morgan fingerprint density at radius 2 is 2.12 bits per heavy atom. The van der Waals surface area contributed by atoms with Crippen molar-refractivity contribution in [1.82, 2.24) is 4.98 Å². The topological polar surface area (TPSA) is 55.1 Å². The number of aryl methyl sites for hydroxylation is 1. The van der Waals surface area contributed by atoms with E-state index in [1.807, 2.05) is 6.92 Å². The van der Waals surface area contributed by atoms with Crippen LogP contribution in [0.1, 0.15) is 12.5 Å². The highest BCUT2D eigenvalue weighted by Gasteiger charge is 2.19. The minimum Gasteiger partial charge on any atom is -0.431 e. The number of hydrogen-bond donors (Lipinski definition) is 1. The van der Waals surface area contributed by atoms with Crippen molar-refractivity contribution in [1.29, 1.82) is 0 Å².